The molecule has 0 amide bonds. The van der Waals surface area contributed by atoms with Gasteiger partial charge < -0.3 is 4.84 Å². The highest BCUT2D eigenvalue weighted by Gasteiger charge is 2.62. The largest absolute Gasteiger partial charge is 0.365 e. The summed E-state index contributed by atoms with van der Waals surface area (Å²) in [5.41, 5.74) is 0.604. The van der Waals surface area contributed by atoms with Crippen molar-refractivity contribution in [2.24, 2.45) is 21.9 Å². The third kappa shape index (κ3) is 2.77. The zero-order chi connectivity index (χ0) is 18.4. The molecule has 1 aromatic carbocycles. The van der Waals surface area contributed by atoms with Crippen molar-refractivity contribution < 1.29 is 14.6 Å². The van der Waals surface area contributed by atoms with Gasteiger partial charge >= 0.3 is 5.97 Å². The summed E-state index contributed by atoms with van der Waals surface area (Å²) in [5, 5.41) is 15.9. The fourth-order valence-corrected chi connectivity index (χ4v) is 5.36. The van der Waals surface area contributed by atoms with Crippen molar-refractivity contribution >= 4 is 44.9 Å². The standard InChI is InChI=1S/C17H18BrClN2O4/c1-16-6-5-11(17(16,2)9-18)8-14(16)20-25-15(22)10-3-4-12(19)13(7-10)21(23)24/h3-4,7,11H,5-6,8-9H2,1-2H3/b20-14+. The van der Waals surface area contributed by atoms with Crippen molar-refractivity contribution in [1.29, 1.82) is 0 Å². The van der Waals surface area contributed by atoms with Gasteiger partial charge in [-0.25, -0.2) is 4.79 Å². The average Bonchev–Trinajstić information content (AvgIpc) is 2.95. The molecular formula is C17H18BrClN2O4. The lowest BCUT2D eigenvalue weighted by atomic mass is 9.70. The van der Waals surface area contributed by atoms with Crippen LogP contribution in [0.15, 0.2) is 23.4 Å². The third-order valence-electron chi connectivity index (χ3n) is 6.13. The highest BCUT2D eigenvalue weighted by Crippen LogP contribution is 2.64. The smallest absolute Gasteiger partial charge is 0.313 e. The topological polar surface area (TPSA) is 81.8 Å². The van der Waals surface area contributed by atoms with Crippen molar-refractivity contribution in [3.8, 4) is 0 Å². The number of nitro benzene ring substituents is 1. The minimum atomic E-state index is -0.723. The number of nitrogens with zero attached hydrogens (tertiary/aromatic N) is 2. The molecule has 3 rings (SSSR count). The van der Waals surface area contributed by atoms with Crippen LogP contribution in [-0.4, -0.2) is 21.9 Å². The molecule has 0 heterocycles. The molecule has 8 heteroatoms. The number of hydrogen-bond donors (Lipinski definition) is 0. The maximum atomic E-state index is 12.2. The number of benzene rings is 1. The summed E-state index contributed by atoms with van der Waals surface area (Å²) in [5.74, 6) is -0.204. The summed E-state index contributed by atoms with van der Waals surface area (Å²) in [6, 6.07) is 3.81. The number of alkyl halides is 1. The van der Waals surface area contributed by atoms with Gasteiger partial charge in [-0.15, -0.1) is 0 Å². The van der Waals surface area contributed by atoms with Gasteiger partial charge in [-0.1, -0.05) is 46.5 Å². The number of nitro groups is 1. The van der Waals surface area contributed by atoms with E-state index in [1.807, 2.05) is 0 Å². The third-order valence-corrected chi connectivity index (χ3v) is 7.61. The quantitative estimate of drug-likeness (QED) is 0.292. The lowest BCUT2D eigenvalue weighted by Crippen LogP contribution is -2.36. The van der Waals surface area contributed by atoms with E-state index in [0.717, 1.165) is 36.4 Å². The molecule has 2 fully saturated rings. The predicted octanol–water partition coefficient (Wildman–Crippen LogP) is 4.98. The number of oxime groups is 1. The van der Waals surface area contributed by atoms with Gasteiger partial charge in [-0.3, -0.25) is 10.1 Å². The first kappa shape index (κ1) is 18.3. The Morgan fingerprint density at radius 2 is 2.24 bits per heavy atom. The van der Waals surface area contributed by atoms with Gasteiger partial charge in [0.2, 0.25) is 0 Å². The van der Waals surface area contributed by atoms with E-state index in [1.54, 1.807) is 0 Å². The van der Waals surface area contributed by atoms with Gasteiger partial charge in [0.25, 0.3) is 5.69 Å². The van der Waals surface area contributed by atoms with E-state index in [4.69, 9.17) is 16.4 Å². The first-order valence-electron chi connectivity index (χ1n) is 8.01. The van der Waals surface area contributed by atoms with Crippen molar-refractivity contribution in [3.05, 3.63) is 38.9 Å². The Bertz CT molecular complexity index is 784. The molecule has 25 heavy (non-hydrogen) atoms. The second-order valence-corrected chi connectivity index (χ2v) is 8.13. The van der Waals surface area contributed by atoms with E-state index in [9.17, 15) is 14.9 Å². The summed E-state index contributed by atoms with van der Waals surface area (Å²) in [6.07, 6.45) is 2.98. The second kappa shape index (κ2) is 6.36. The van der Waals surface area contributed by atoms with Crippen LogP contribution in [0.2, 0.25) is 5.02 Å². The Hall–Kier alpha value is -1.47. The molecule has 2 aliphatic rings. The lowest BCUT2D eigenvalue weighted by Gasteiger charge is -2.36. The minimum absolute atomic E-state index is 0.0263. The molecule has 3 atom stereocenters. The van der Waals surface area contributed by atoms with E-state index in [2.05, 4.69) is 34.9 Å². The number of rotatable bonds is 4. The fraction of sp³-hybridized carbons (Fsp3) is 0.529. The van der Waals surface area contributed by atoms with E-state index in [1.165, 1.54) is 12.1 Å². The highest BCUT2D eigenvalue weighted by molar-refractivity contribution is 9.09. The Morgan fingerprint density at radius 3 is 2.84 bits per heavy atom. The zero-order valence-electron chi connectivity index (χ0n) is 13.9. The predicted molar refractivity (Wildman–Crippen MR) is 98.3 cm³/mol. The molecule has 2 saturated carbocycles. The molecule has 3 unspecified atom stereocenters. The number of carbonyl (C=O) groups excluding carboxylic acids is 1. The highest BCUT2D eigenvalue weighted by atomic mass is 79.9. The van der Waals surface area contributed by atoms with Crippen LogP contribution in [0, 0.1) is 26.9 Å². The maximum Gasteiger partial charge on any atom is 0.365 e. The van der Waals surface area contributed by atoms with E-state index in [-0.39, 0.29) is 27.1 Å². The molecule has 2 bridgehead atoms. The molecule has 0 N–H and O–H groups in total. The van der Waals surface area contributed by atoms with Gasteiger partial charge in [-0.05, 0) is 42.7 Å². The zero-order valence-corrected chi connectivity index (χ0v) is 16.3. The summed E-state index contributed by atoms with van der Waals surface area (Å²) in [4.78, 5) is 27.6. The number of fused-ring (bicyclic) bond motifs is 2. The van der Waals surface area contributed by atoms with Gasteiger partial charge in [-0.2, -0.15) is 0 Å². The van der Waals surface area contributed by atoms with Crippen LogP contribution < -0.4 is 0 Å². The van der Waals surface area contributed by atoms with Crippen molar-refractivity contribution in [2.75, 3.05) is 5.33 Å². The van der Waals surface area contributed by atoms with Crippen LogP contribution in [0.5, 0.6) is 0 Å². The van der Waals surface area contributed by atoms with Crippen LogP contribution in [0.25, 0.3) is 0 Å². The first-order valence-corrected chi connectivity index (χ1v) is 9.51. The number of carbonyl (C=O) groups is 1. The van der Waals surface area contributed by atoms with Crippen LogP contribution in [0.4, 0.5) is 5.69 Å². The second-order valence-electron chi connectivity index (χ2n) is 7.16. The first-order chi connectivity index (χ1) is 11.7. The Morgan fingerprint density at radius 1 is 1.52 bits per heavy atom. The van der Waals surface area contributed by atoms with Crippen LogP contribution in [-0.2, 0) is 4.84 Å². The number of hydrogen-bond acceptors (Lipinski definition) is 5. The normalized spacial score (nSPS) is 32.2. The van der Waals surface area contributed by atoms with Gasteiger partial charge in [0.1, 0.15) is 5.02 Å². The maximum absolute atomic E-state index is 12.2. The molecule has 2 aliphatic carbocycles. The van der Waals surface area contributed by atoms with E-state index >= 15 is 0 Å². The van der Waals surface area contributed by atoms with E-state index in [0.29, 0.717) is 5.92 Å². The summed E-state index contributed by atoms with van der Waals surface area (Å²) >= 11 is 9.38. The fourth-order valence-electron chi connectivity index (χ4n) is 4.10. The Labute approximate surface area is 158 Å². The van der Waals surface area contributed by atoms with Crippen molar-refractivity contribution in [2.45, 2.75) is 33.1 Å². The molecule has 134 valence electrons. The van der Waals surface area contributed by atoms with E-state index < -0.39 is 10.9 Å². The molecule has 1 aromatic rings. The lowest BCUT2D eigenvalue weighted by molar-refractivity contribution is -0.384. The molecule has 0 aliphatic heterocycles. The molecule has 0 spiro atoms. The molecule has 0 aromatic heterocycles. The average molecular weight is 430 g/mol. The Balaban J connectivity index is 1.81. The van der Waals surface area contributed by atoms with Crippen molar-refractivity contribution in [1.82, 2.24) is 0 Å². The van der Waals surface area contributed by atoms with Crippen LogP contribution in [0.3, 0.4) is 0 Å². The molecular weight excluding hydrogens is 412 g/mol. The summed E-state index contributed by atoms with van der Waals surface area (Å²) in [7, 11) is 0. The summed E-state index contributed by atoms with van der Waals surface area (Å²) in [6.45, 7) is 4.41. The number of halogens is 2. The SMILES string of the molecule is CC12CCC(C/C1=N\OC(=O)c1ccc(Cl)c([N+](=O)[O-])c1)C2(C)CBr. The molecule has 6 nitrogen and oxygen atoms in total. The van der Waals surface area contributed by atoms with Gasteiger partial charge in [0.15, 0.2) is 0 Å². The van der Waals surface area contributed by atoms with Gasteiger partial charge in [0.05, 0.1) is 16.2 Å². The van der Waals surface area contributed by atoms with Gasteiger partial charge in [0, 0.05) is 16.8 Å². The Kier molecular flexibility index (Phi) is 4.66. The monoisotopic (exact) mass is 428 g/mol. The molecule has 0 saturated heterocycles. The summed E-state index contributed by atoms with van der Waals surface area (Å²) < 4.78 is 0. The van der Waals surface area contributed by atoms with Crippen LogP contribution >= 0.6 is 27.5 Å². The molecule has 0 radical (unpaired) electrons. The van der Waals surface area contributed by atoms with Crippen LogP contribution in [0.1, 0.15) is 43.5 Å². The van der Waals surface area contributed by atoms with Crippen molar-refractivity contribution in [3.63, 3.8) is 0 Å². The minimum Gasteiger partial charge on any atom is -0.313 e.